The number of benzene rings is 1. The summed E-state index contributed by atoms with van der Waals surface area (Å²) in [5, 5.41) is 6.81. The molecule has 8 heteroatoms. The molecule has 0 atom stereocenters. The molecule has 3 aromatic rings. The quantitative estimate of drug-likeness (QED) is 0.656. The van der Waals surface area contributed by atoms with Gasteiger partial charge in [0, 0.05) is 6.20 Å². The number of nitrogens with one attached hydrogen (secondary N) is 1. The molecule has 0 aliphatic carbocycles. The van der Waals surface area contributed by atoms with Crippen LogP contribution in [-0.4, -0.2) is 45.9 Å². The van der Waals surface area contributed by atoms with E-state index in [1.54, 1.807) is 25.4 Å². The first-order valence-electron chi connectivity index (χ1n) is 7.63. The van der Waals surface area contributed by atoms with E-state index in [0.717, 1.165) is 0 Å². The standard InChI is InChI=1S/C17H17N5O3/c1-24-14-6-2-3-7-15(14)25-10-9-20-17(23)13-5-4-8-19-16(13)22-12-18-11-21-22/h2-8,11-12H,9-10H2,1H3,(H,20,23). The Balaban J connectivity index is 1.59. The number of hydrogen-bond donors (Lipinski definition) is 1. The van der Waals surface area contributed by atoms with E-state index in [9.17, 15) is 4.79 Å². The molecule has 128 valence electrons. The highest BCUT2D eigenvalue weighted by Crippen LogP contribution is 2.25. The van der Waals surface area contributed by atoms with Crippen molar-refractivity contribution >= 4 is 5.91 Å². The zero-order chi connectivity index (χ0) is 17.5. The van der Waals surface area contributed by atoms with Crippen molar-refractivity contribution in [2.75, 3.05) is 20.3 Å². The van der Waals surface area contributed by atoms with E-state index in [2.05, 4.69) is 20.4 Å². The van der Waals surface area contributed by atoms with Crippen LogP contribution in [0.25, 0.3) is 5.82 Å². The zero-order valence-electron chi connectivity index (χ0n) is 13.6. The predicted octanol–water partition coefficient (Wildman–Crippen LogP) is 1.48. The Hall–Kier alpha value is -3.42. The number of aromatic nitrogens is 4. The van der Waals surface area contributed by atoms with E-state index in [4.69, 9.17) is 9.47 Å². The smallest absolute Gasteiger partial charge is 0.255 e. The minimum Gasteiger partial charge on any atom is -0.493 e. The largest absolute Gasteiger partial charge is 0.493 e. The lowest BCUT2D eigenvalue weighted by Gasteiger charge is -2.11. The average Bonchev–Trinajstić information content (AvgIpc) is 3.20. The molecule has 8 nitrogen and oxygen atoms in total. The molecule has 1 N–H and O–H groups in total. The van der Waals surface area contributed by atoms with Gasteiger partial charge >= 0.3 is 0 Å². The predicted molar refractivity (Wildman–Crippen MR) is 90.0 cm³/mol. The summed E-state index contributed by atoms with van der Waals surface area (Å²) in [6.07, 6.45) is 4.47. The summed E-state index contributed by atoms with van der Waals surface area (Å²) in [6, 6.07) is 10.7. The van der Waals surface area contributed by atoms with Gasteiger partial charge in [0.1, 0.15) is 19.3 Å². The van der Waals surface area contributed by atoms with Gasteiger partial charge in [0.05, 0.1) is 19.2 Å². The van der Waals surface area contributed by atoms with Gasteiger partial charge in [-0.3, -0.25) is 4.79 Å². The fourth-order valence-corrected chi connectivity index (χ4v) is 2.23. The van der Waals surface area contributed by atoms with Crippen molar-refractivity contribution in [2.24, 2.45) is 0 Å². The van der Waals surface area contributed by atoms with Gasteiger partial charge < -0.3 is 14.8 Å². The first-order chi connectivity index (χ1) is 12.3. The van der Waals surface area contributed by atoms with E-state index in [0.29, 0.717) is 36.0 Å². The molecule has 25 heavy (non-hydrogen) atoms. The van der Waals surface area contributed by atoms with Gasteiger partial charge in [-0.05, 0) is 24.3 Å². The molecule has 0 bridgehead atoms. The Labute approximate surface area is 144 Å². The third kappa shape index (κ3) is 3.92. The zero-order valence-corrected chi connectivity index (χ0v) is 13.6. The lowest BCUT2D eigenvalue weighted by atomic mass is 10.2. The van der Waals surface area contributed by atoms with Gasteiger partial charge in [-0.25, -0.2) is 14.6 Å². The highest BCUT2D eigenvalue weighted by Gasteiger charge is 2.14. The van der Waals surface area contributed by atoms with Crippen molar-refractivity contribution < 1.29 is 14.3 Å². The molecule has 3 rings (SSSR count). The van der Waals surface area contributed by atoms with Crippen LogP contribution in [0.3, 0.4) is 0 Å². The summed E-state index contributed by atoms with van der Waals surface area (Å²) < 4.78 is 12.3. The Kier molecular flexibility index (Phi) is 5.20. The molecule has 0 saturated heterocycles. The molecular formula is C17H17N5O3. The van der Waals surface area contributed by atoms with E-state index >= 15 is 0 Å². The maximum Gasteiger partial charge on any atom is 0.255 e. The van der Waals surface area contributed by atoms with Crippen LogP contribution in [0.2, 0.25) is 0 Å². The fraction of sp³-hybridized carbons (Fsp3) is 0.176. The maximum absolute atomic E-state index is 12.4. The highest BCUT2D eigenvalue weighted by molar-refractivity contribution is 5.97. The topological polar surface area (TPSA) is 91.2 Å². The Morgan fingerprint density at radius 3 is 2.80 bits per heavy atom. The third-order valence-electron chi connectivity index (χ3n) is 3.38. The number of pyridine rings is 1. The SMILES string of the molecule is COc1ccccc1OCCNC(=O)c1cccnc1-n1cncn1. The minimum atomic E-state index is -0.262. The summed E-state index contributed by atoms with van der Waals surface area (Å²) in [7, 11) is 1.58. The van der Waals surface area contributed by atoms with Crippen molar-refractivity contribution in [3.8, 4) is 17.3 Å². The second-order valence-electron chi connectivity index (χ2n) is 4.97. The van der Waals surface area contributed by atoms with Crippen LogP contribution in [0.1, 0.15) is 10.4 Å². The van der Waals surface area contributed by atoms with Crippen LogP contribution in [0, 0.1) is 0 Å². The van der Waals surface area contributed by atoms with Crippen LogP contribution in [0.4, 0.5) is 0 Å². The molecule has 1 amide bonds. The van der Waals surface area contributed by atoms with E-state index < -0.39 is 0 Å². The molecule has 0 spiro atoms. The number of hydrogen-bond acceptors (Lipinski definition) is 6. The van der Waals surface area contributed by atoms with Gasteiger partial charge in [-0.2, -0.15) is 5.10 Å². The van der Waals surface area contributed by atoms with E-state index in [-0.39, 0.29) is 5.91 Å². The highest BCUT2D eigenvalue weighted by atomic mass is 16.5. The summed E-state index contributed by atoms with van der Waals surface area (Å²) in [4.78, 5) is 20.5. The number of para-hydroxylation sites is 2. The van der Waals surface area contributed by atoms with Crippen LogP contribution in [0.15, 0.2) is 55.2 Å². The Morgan fingerprint density at radius 1 is 1.20 bits per heavy atom. The lowest BCUT2D eigenvalue weighted by molar-refractivity contribution is 0.0946. The molecular weight excluding hydrogens is 322 g/mol. The van der Waals surface area contributed by atoms with Gasteiger partial charge in [0.15, 0.2) is 17.3 Å². The number of nitrogens with zero attached hydrogens (tertiary/aromatic N) is 4. The number of methoxy groups -OCH3 is 1. The fourth-order valence-electron chi connectivity index (χ4n) is 2.23. The van der Waals surface area contributed by atoms with Gasteiger partial charge in [0.2, 0.25) is 0 Å². The van der Waals surface area contributed by atoms with Crippen molar-refractivity contribution in [3.05, 3.63) is 60.8 Å². The van der Waals surface area contributed by atoms with Crippen LogP contribution < -0.4 is 14.8 Å². The van der Waals surface area contributed by atoms with Gasteiger partial charge in [0.25, 0.3) is 5.91 Å². The third-order valence-corrected chi connectivity index (χ3v) is 3.38. The van der Waals surface area contributed by atoms with Crippen molar-refractivity contribution in [2.45, 2.75) is 0 Å². The number of carbonyl (C=O) groups is 1. The van der Waals surface area contributed by atoms with Crippen LogP contribution in [0.5, 0.6) is 11.5 Å². The second-order valence-corrected chi connectivity index (χ2v) is 4.97. The minimum absolute atomic E-state index is 0.262. The Bertz CT molecular complexity index is 836. The molecule has 1 aromatic carbocycles. The molecule has 0 fully saturated rings. The molecule has 0 aliphatic rings. The van der Waals surface area contributed by atoms with Gasteiger partial charge in [-0.15, -0.1) is 0 Å². The lowest BCUT2D eigenvalue weighted by Crippen LogP contribution is -2.29. The molecule has 0 radical (unpaired) electrons. The first kappa shape index (κ1) is 16.4. The molecule has 0 unspecified atom stereocenters. The normalized spacial score (nSPS) is 10.3. The monoisotopic (exact) mass is 339 g/mol. The van der Waals surface area contributed by atoms with Crippen LogP contribution >= 0.6 is 0 Å². The average molecular weight is 339 g/mol. The number of ether oxygens (including phenoxy) is 2. The number of carbonyl (C=O) groups excluding carboxylic acids is 1. The second kappa shape index (κ2) is 7.91. The van der Waals surface area contributed by atoms with Crippen molar-refractivity contribution in [1.82, 2.24) is 25.1 Å². The van der Waals surface area contributed by atoms with E-state index in [1.165, 1.54) is 17.3 Å². The summed E-state index contributed by atoms with van der Waals surface area (Å²) in [5.74, 6) is 1.43. The molecule has 0 aliphatic heterocycles. The number of amides is 1. The van der Waals surface area contributed by atoms with Gasteiger partial charge in [-0.1, -0.05) is 12.1 Å². The van der Waals surface area contributed by atoms with Crippen molar-refractivity contribution in [1.29, 1.82) is 0 Å². The molecule has 0 saturated carbocycles. The number of rotatable bonds is 7. The maximum atomic E-state index is 12.4. The van der Waals surface area contributed by atoms with Crippen molar-refractivity contribution in [3.63, 3.8) is 0 Å². The van der Waals surface area contributed by atoms with E-state index in [1.807, 2.05) is 24.3 Å². The summed E-state index contributed by atoms with van der Waals surface area (Å²) in [6.45, 7) is 0.646. The molecule has 2 aromatic heterocycles. The summed E-state index contributed by atoms with van der Waals surface area (Å²) >= 11 is 0. The van der Waals surface area contributed by atoms with Crippen LogP contribution in [-0.2, 0) is 0 Å². The first-order valence-corrected chi connectivity index (χ1v) is 7.63. The molecule has 2 heterocycles. The Morgan fingerprint density at radius 2 is 2.04 bits per heavy atom. The summed E-state index contributed by atoms with van der Waals surface area (Å²) in [5.41, 5.74) is 0.408.